The van der Waals surface area contributed by atoms with Crippen LogP contribution in [-0.2, 0) is 16.0 Å². The van der Waals surface area contributed by atoms with Crippen LogP contribution in [-0.4, -0.2) is 41.1 Å². The van der Waals surface area contributed by atoms with Gasteiger partial charge in [-0.15, -0.1) is 0 Å². The van der Waals surface area contributed by atoms with Crippen LogP contribution >= 0.6 is 0 Å². The average Bonchev–Trinajstić information content (AvgIpc) is 3.30. The maximum absolute atomic E-state index is 12.9. The smallest absolute Gasteiger partial charge is 0.227 e. The number of aromatic amines is 1. The molecule has 2 fully saturated rings. The fourth-order valence-corrected chi connectivity index (χ4v) is 3.55. The molecule has 0 spiro atoms. The first-order chi connectivity index (χ1) is 10.8. The Morgan fingerprint density at radius 2 is 1.86 bits per heavy atom. The number of para-hydroxylation sites is 1. The Morgan fingerprint density at radius 3 is 2.64 bits per heavy atom. The summed E-state index contributed by atoms with van der Waals surface area (Å²) in [5, 5.41) is 1.17. The van der Waals surface area contributed by atoms with E-state index in [0.717, 1.165) is 50.0 Å². The van der Waals surface area contributed by atoms with Crippen LogP contribution in [0.4, 0.5) is 0 Å². The Labute approximate surface area is 130 Å². The molecule has 1 aromatic heterocycles. The summed E-state index contributed by atoms with van der Waals surface area (Å²) in [4.78, 5) is 18.3. The molecule has 1 N–H and O–H groups in total. The molecule has 0 unspecified atom stereocenters. The fourth-order valence-electron chi connectivity index (χ4n) is 3.55. The number of H-pyrrole nitrogens is 1. The van der Waals surface area contributed by atoms with Crippen LogP contribution in [0.3, 0.4) is 0 Å². The number of amides is 1. The summed E-state index contributed by atoms with van der Waals surface area (Å²) in [7, 11) is 0. The van der Waals surface area contributed by atoms with E-state index in [1.165, 1.54) is 5.39 Å². The van der Waals surface area contributed by atoms with Crippen molar-refractivity contribution in [1.82, 2.24) is 9.88 Å². The molecule has 1 amide bonds. The minimum absolute atomic E-state index is 0.277. The number of fused-ring (bicyclic) bond motifs is 1. The lowest BCUT2D eigenvalue weighted by Crippen LogP contribution is -2.45. The van der Waals surface area contributed by atoms with E-state index in [0.29, 0.717) is 18.5 Å². The standard InChI is InChI=1S/C18H22N2O2/c21-18(11-13-12-19-17-4-2-1-3-16(13)17)20(14-5-6-14)15-7-9-22-10-8-15/h1-4,12,14-15,19H,5-11H2. The highest BCUT2D eigenvalue weighted by Gasteiger charge is 2.37. The molecule has 2 aromatic rings. The number of hydrogen-bond acceptors (Lipinski definition) is 2. The molecule has 1 aromatic carbocycles. The molecule has 1 saturated carbocycles. The quantitative estimate of drug-likeness (QED) is 0.943. The van der Waals surface area contributed by atoms with Crippen molar-refractivity contribution in [3.63, 3.8) is 0 Å². The number of rotatable bonds is 4. The molecule has 22 heavy (non-hydrogen) atoms. The van der Waals surface area contributed by atoms with Crippen molar-refractivity contribution >= 4 is 16.8 Å². The van der Waals surface area contributed by atoms with Gasteiger partial charge in [0.2, 0.25) is 5.91 Å². The van der Waals surface area contributed by atoms with Crippen LogP contribution in [0.2, 0.25) is 0 Å². The molecule has 2 heterocycles. The zero-order valence-corrected chi connectivity index (χ0v) is 12.8. The normalized spacial score (nSPS) is 19.5. The van der Waals surface area contributed by atoms with Crippen molar-refractivity contribution in [1.29, 1.82) is 0 Å². The average molecular weight is 298 g/mol. The predicted octanol–water partition coefficient (Wildman–Crippen LogP) is 2.88. The largest absolute Gasteiger partial charge is 0.381 e. The van der Waals surface area contributed by atoms with Gasteiger partial charge < -0.3 is 14.6 Å². The highest BCUT2D eigenvalue weighted by Crippen LogP contribution is 2.32. The van der Waals surface area contributed by atoms with Crippen LogP contribution < -0.4 is 0 Å². The van der Waals surface area contributed by atoms with E-state index in [-0.39, 0.29) is 5.91 Å². The molecular weight excluding hydrogens is 276 g/mol. The van der Waals surface area contributed by atoms with E-state index in [1.807, 2.05) is 18.3 Å². The van der Waals surface area contributed by atoms with Crippen LogP contribution in [0.1, 0.15) is 31.2 Å². The number of nitrogens with zero attached hydrogens (tertiary/aromatic N) is 1. The predicted molar refractivity (Wildman–Crippen MR) is 85.7 cm³/mol. The number of aromatic nitrogens is 1. The van der Waals surface area contributed by atoms with Crippen LogP contribution in [0.5, 0.6) is 0 Å². The van der Waals surface area contributed by atoms with Crippen molar-refractivity contribution in [3.8, 4) is 0 Å². The molecule has 2 aliphatic rings. The lowest BCUT2D eigenvalue weighted by molar-refractivity contribution is -0.135. The van der Waals surface area contributed by atoms with Gasteiger partial charge >= 0.3 is 0 Å². The zero-order chi connectivity index (χ0) is 14.9. The van der Waals surface area contributed by atoms with Crippen molar-refractivity contribution in [2.24, 2.45) is 0 Å². The first-order valence-electron chi connectivity index (χ1n) is 8.27. The van der Waals surface area contributed by atoms with Gasteiger partial charge in [0, 0.05) is 42.4 Å². The van der Waals surface area contributed by atoms with E-state index >= 15 is 0 Å². The van der Waals surface area contributed by atoms with Gasteiger partial charge in [0.1, 0.15) is 0 Å². The lowest BCUT2D eigenvalue weighted by Gasteiger charge is -2.34. The summed E-state index contributed by atoms with van der Waals surface area (Å²) in [5.41, 5.74) is 2.22. The van der Waals surface area contributed by atoms with Gasteiger partial charge in [-0.1, -0.05) is 18.2 Å². The van der Waals surface area contributed by atoms with Gasteiger partial charge in [0.25, 0.3) is 0 Å². The van der Waals surface area contributed by atoms with Gasteiger partial charge in [0.05, 0.1) is 6.42 Å². The molecular formula is C18H22N2O2. The number of carbonyl (C=O) groups is 1. The number of carbonyl (C=O) groups excluding carboxylic acids is 1. The Balaban J connectivity index is 1.54. The molecule has 0 atom stereocenters. The van der Waals surface area contributed by atoms with Gasteiger partial charge in [-0.3, -0.25) is 4.79 Å². The Hall–Kier alpha value is -1.81. The van der Waals surface area contributed by atoms with Crippen molar-refractivity contribution in [2.45, 2.75) is 44.2 Å². The van der Waals surface area contributed by atoms with Crippen LogP contribution in [0, 0.1) is 0 Å². The van der Waals surface area contributed by atoms with Gasteiger partial charge in [-0.05, 0) is 37.3 Å². The van der Waals surface area contributed by atoms with Crippen LogP contribution in [0.25, 0.3) is 10.9 Å². The van der Waals surface area contributed by atoms with E-state index in [2.05, 4.69) is 22.0 Å². The number of hydrogen-bond donors (Lipinski definition) is 1. The highest BCUT2D eigenvalue weighted by atomic mass is 16.5. The monoisotopic (exact) mass is 298 g/mol. The first kappa shape index (κ1) is 13.8. The second kappa shape index (κ2) is 5.76. The summed E-state index contributed by atoms with van der Waals surface area (Å²) in [6, 6.07) is 9.04. The SMILES string of the molecule is O=C(Cc1c[nH]c2ccccc12)N(C1CCOCC1)C1CC1. The van der Waals surface area contributed by atoms with Crippen molar-refractivity contribution in [2.75, 3.05) is 13.2 Å². The van der Waals surface area contributed by atoms with Gasteiger partial charge in [-0.25, -0.2) is 0 Å². The minimum atomic E-state index is 0.277. The summed E-state index contributed by atoms with van der Waals surface area (Å²) >= 11 is 0. The second-order valence-electron chi connectivity index (χ2n) is 6.41. The fraction of sp³-hybridized carbons (Fsp3) is 0.500. The maximum Gasteiger partial charge on any atom is 0.227 e. The highest BCUT2D eigenvalue weighted by molar-refractivity contribution is 5.89. The third-order valence-electron chi connectivity index (χ3n) is 4.83. The Bertz CT molecular complexity index is 669. The summed E-state index contributed by atoms with van der Waals surface area (Å²) in [5.74, 6) is 0.277. The van der Waals surface area contributed by atoms with E-state index in [9.17, 15) is 4.79 Å². The van der Waals surface area contributed by atoms with E-state index < -0.39 is 0 Å². The molecule has 4 nitrogen and oxygen atoms in total. The van der Waals surface area contributed by atoms with Gasteiger partial charge in [-0.2, -0.15) is 0 Å². The molecule has 116 valence electrons. The molecule has 0 bridgehead atoms. The molecule has 1 aliphatic carbocycles. The van der Waals surface area contributed by atoms with Crippen LogP contribution in [0.15, 0.2) is 30.5 Å². The number of ether oxygens (including phenoxy) is 1. The van der Waals surface area contributed by atoms with E-state index in [4.69, 9.17) is 4.74 Å². The maximum atomic E-state index is 12.9. The number of nitrogens with one attached hydrogen (secondary N) is 1. The Morgan fingerprint density at radius 1 is 1.14 bits per heavy atom. The first-order valence-corrected chi connectivity index (χ1v) is 8.27. The van der Waals surface area contributed by atoms with Crippen molar-refractivity contribution < 1.29 is 9.53 Å². The molecule has 4 rings (SSSR count). The zero-order valence-electron chi connectivity index (χ0n) is 12.8. The minimum Gasteiger partial charge on any atom is -0.381 e. The van der Waals surface area contributed by atoms with Crippen molar-refractivity contribution in [3.05, 3.63) is 36.0 Å². The third kappa shape index (κ3) is 2.63. The summed E-state index contributed by atoms with van der Waals surface area (Å²) < 4.78 is 5.45. The molecule has 1 saturated heterocycles. The van der Waals surface area contributed by atoms with Gasteiger partial charge in [0.15, 0.2) is 0 Å². The molecule has 0 radical (unpaired) electrons. The molecule has 4 heteroatoms. The van der Waals surface area contributed by atoms with E-state index in [1.54, 1.807) is 0 Å². The summed E-state index contributed by atoms with van der Waals surface area (Å²) in [6.45, 7) is 1.57. The third-order valence-corrected chi connectivity index (χ3v) is 4.83. The summed E-state index contributed by atoms with van der Waals surface area (Å²) in [6.07, 6.45) is 6.77. The second-order valence-corrected chi connectivity index (χ2v) is 6.41. The lowest BCUT2D eigenvalue weighted by atomic mass is 10.0. The Kier molecular flexibility index (Phi) is 3.62. The number of benzene rings is 1. The molecule has 1 aliphatic heterocycles. The topological polar surface area (TPSA) is 45.3 Å².